The number of nitrogens with zero attached hydrogens (tertiary/aromatic N) is 3. The van der Waals surface area contributed by atoms with Crippen LogP contribution in [0.2, 0.25) is 0 Å². The van der Waals surface area contributed by atoms with Crippen molar-refractivity contribution in [2.45, 2.75) is 78.6 Å². The summed E-state index contributed by atoms with van der Waals surface area (Å²) in [5, 5.41) is 3.41. The quantitative estimate of drug-likeness (QED) is 0.135. The number of hydrogen-bond acceptors (Lipinski definition) is 5. The monoisotopic (exact) mass is 1240 g/mol. The van der Waals surface area contributed by atoms with E-state index >= 15 is 0 Å². The van der Waals surface area contributed by atoms with Crippen LogP contribution in [0.25, 0.3) is 88.4 Å². The summed E-state index contributed by atoms with van der Waals surface area (Å²) < 4.78 is 63.7. The fourth-order valence-electron chi connectivity index (χ4n) is 14.9. The zero-order valence-electron chi connectivity index (χ0n) is 60.5. The third-order valence-electron chi connectivity index (χ3n) is 19.8. The lowest BCUT2D eigenvalue weighted by Crippen LogP contribution is -2.61. The van der Waals surface area contributed by atoms with Crippen LogP contribution < -0.4 is 31.1 Å². The molecule has 0 saturated heterocycles. The van der Waals surface area contributed by atoms with Crippen LogP contribution in [0, 0.1) is 0 Å². The van der Waals surface area contributed by atoms with E-state index in [0.717, 1.165) is 122 Å². The van der Waals surface area contributed by atoms with E-state index in [2.05, 4.69) is 278 Å². The molecule has 0 radical (unpaired) electrons. The maximum absolute atomic E-state index is 10.2. The highest BCUT2D eigenvalue weighted by molar-refractivity contribution is 7.02. The largest absolute Gasteiger partial charge is 0.456 e. The SMILES string of the molecule is [2H]c1c([2H])c([2H])c(N2c3cc(-c4cc(-c5ccccc5)cc(-c5ccccc5)c4)cc4c3B(c3ccc(N(c5ccc(C(C)(C)C)cc5)c5ccc(C(C)(C)C)cc5)cc3N4c3ccc(C(C)(C)C)cc3-c3ccccc3)c3c2c2oc4ccccc4c2c2c3oc3ccccc32)c([2H])c1[2H]. The van der Waals surface area contributed by atoms with Gasteiger partial charge < -0.3 is 23.5 Å². The molecule has 5 nitrogen and oxygen atoms in total. The molecule has 0 bridgehead atoms. The Kier molecular flexibility index (Phi) is 12.4. The summed E-state index contributed by atoms with van der Waals surface area (Å²) in [7, 11) is 0. The zero-order valence-corrected chi connectivity index (χ0v) is 55.5. The summed E-state index contributed by atoms with van der Waals surface area (Å²) in [6.07, 6.45) is 0. The molecule has 15 aromatic rings. The van der Waals surface area contributed by atoms with Gasteiger partial charge in [-0.25, -0.2) is 0 Å². The van der Waals surface area contributed by atoms with Crippen LogP contribution in [0.5, 0.6) is 0 Å². The van der Waals surface area contributed by atoms with Crippen LogP contribution >= 0.6 is 0 Å². The maximum Gasteiger partial charge on any atom is 0.257 e. The van der Waals surface area contributed by atoms with E-state index in [4.69, 9.17) is 10.2 Å². The minimum absolute atomic E-state index is 0.0203. The van der Waals surface area contributed by atoms with Crippen molar-refractivity contribution in [2.75, 3.05) is 14.7 Å². The summed E-state index contributed by atoms with van der Waals surface area (Å²) in [5.74, 6) is 0. The molecular formula is C90H74BN3O2. The minimum atomic E-state index is -0.652. The molecule has 464 valence electrons. The normalized spacial score (nSPS) is 13.7. The third-order valence-corrected chi connectivity index (χ3v) is 19.8. The molecule has 0 spiro atoms. The Morgan fingerprint density at radius 2 is 0.802 bits per heavy atom. The molecule has 96 heavy (non-hydrogen) atoms. The average molecular weight is 1250 g/mol. The fourth-order valence-corrected chi connectivity index (χ4v) is 14.9. The van der Waals surface area contributed by atoms with Crippen LogP contribution in [-0.2, 0) is 16.2 Å². The Labute approximate surface area is 570 Å². The molecule has 2 aliphatic heterocycles. The number of anilines is 9. The van der Waals surface area contributed by atoms with Crippen molar-refractivity contribution in [3.8, 4) is 44.5 Å². The highest BCUT2D eigenvalue weighted by atomic mass is 16.3. The van der Waals surface area contributed by atoms with Crippen LogP contribution in [0.1, 0.15) is 85.9 Å². The second-order valence-electron chi connectivity index (χ2n) is 28.9. The van der Waals surface area contributed by atoms with Gasteiger partial charge in [-0.1, -0.05) is 244 Å². The van der Waals surface area contributed by atoms with Crippen LogP contribution in [0.15, 0.2) is 294 Å². The van der Waals surface area contributed by atoms with Crippen LogP contribution in [0.4, 0.5) is 51.2 Å². The van der Waals surface area contributed by atoms with Gasteiger partial charge in [-0.2, -0.15) is 0 Å². The lowest BCUT2D eigenvalue weighted by molar-refractivity contribution is 0.590. The van der Waals surface area contributed by atoms with Crippen molar-refractivity contribution in [1.29, 1.82) is 0 Å². The van der Waals surface area contributed by atoms with Crippen molar-refractivity contribution in [1.82, 2.24) is 0 Å². The van der Waals surface area contributed by atoms with Crippen molar-refractivity contribution < 1.29 is 15.7 Å². The van der Waals surface area contributed by atoms with E-state index in [0.29, 0.717) is 33.7 Å². The zero-order chi connectivity index (χ0) is 69.7. The van der Waals surface area contributed by atoms with Gasteiger partial charge in [0.05, 0.1) is 18.2 Å². The Morgan fingerprint density at radius 1 is 0.354 bits per heavy atom. The molecule has 6 heteroatoms. The first kappa shape index (κ1) is 53.3. The number of fused-ring (bicyclic) bond motifs is 13. The Balaban J connectivity index is 1.08. The summed E-state index contributed by atoms with van der Waals surface area (Å²) in [6.45, 7) is 19.6. The van der Waals surface area contributed by atoms with Crippen molar-refractivity contribution in [2.24, 2.45) is 0 Å². The third kappa shape index (κ3) is 9.75. The number of rotatable bonds is 9. The first-order valence-electron chi connectivity index (χ1n) is 35.8. The molecule has 17 rings (SSSR count). The summed E-state index contributed by atoms with van der Waals surface area (Å²) in [4.78, 5) is 6.77. The first-order chi connectivity index (χ1) is 48.6. The molecule has 0 atom stereocenters. The molecule has 2 aliphatic rings. The molecule has 0 amide bonds. The van der Waals surface area contributed by atoms with Gasteiger partial charge in [0.25, 0.3) is 6.71 Å². The number of benzene rings is 13. The van der Waals surface area contributed by atoms with E-state index in [9.17, 15) is 5.48 Å². The maximum atomic E-state index is 10.2. The van der Waals surface area contributed by atoms with Gasteiger partial charge in [0, 0.05) is 72.4 Å². The lowest BCUT2D eigenvalue weighted by Gasteiger charge is -2.45. The average Bonchev–Trinajstić information content (AvgIpc) is 1.61. The first-order valence-corrected chi connectivity index (χ1v) is 33.3. The lowest BCUT2D eigenvalue weighted by atomic mass is 9.33. The molecule has 4 heterocycles. The fraction of sp³-hybridized carbons (Fsp3) is 0.133. The predicted molar refractivity (Wildman–Crippen MR) is 408 cm³/mol. The molecule has 0 fully saturated rings. The van der Waals surface area contributed by atoms with Crippen LogP contribution in [-0.4, -0.2) is 6.71 Å². The van der Waals surface area contributed by atoms with Gasteiger partial charge in [-0.3, -0.25) is 0 Å². The number of furan rings is 2. The standard InChI is InChI=1S/C90H74BN3O2/c1-88(2,3)64-38-43-68(44-39-64)92(69-45-40-65(41-46-69)89(4,5)6)70-47-48-74-76(56-70)94(75-49-42-66(90(7,8)9)55-73(75)59-30-18-12-19-31-59)78-54-63(62-51-60(57-26-14-10-15-27-57)50-61(52-62)58-28-16-11-17-29-58)53-77-83(78)91(74)84-85(93(77)67-32-20-13-21-33-67)87-82(72-35-23-25-37-80(72)96-87)81-71-34-22-24-36-79(71)95-86(81)84/h10-56H,1-9H3/i13D,20D,21D,32D,33D. The van der Waals surface area contributed by atoms with E-state index < -0.39 is 24.8 Å². The summed E-state index contributed by atoms with van der Waals surface area (Å²) in [5.41, 5.74) is 22.7. The van der Waals surface area contributed by atoms with Gasteiger partial charge in [-0.05, 0) is 186 Å². The topological polar surface area (TPSA) is 36.0 Å². The molecule has 0 N–H and O–H groups in total. The summed E-state index contributed by atoms with van der Waals surface area (Å²) in [6, 6.07) is 88.8. The number of hydrogen-bond donors (Lipinski definition) is 0. The van der Waals surface area contributed by atoms with E-state index in [1.807, 2.05) is 53.4 Å². The van der Waals surface area contributed by atoms with Gasteiger partial charge in [0.2, 0.25) is 0 Å². The molecule has 0 aliphatic carbocycles. The molecule has 0 unspecified atom stereocenters. The van der Waals surface area contributed by atoms with Gasteiger partial charge in [0.1, 0.15) is 16.7 Å². The van der Waals surface area contributed by atoms with Gasteiger partial charge in [0.15, 0.2) is 5.58 Å². The van der Waals surface area contributed by atoms with E-state index in [-0.39, 0.29) is 34.0 Å². The summed E-state index contributed by atoms with van der Waals surface area (Å²) >= 11 is 0. The molecule has 13 aromatic carbocycles. The van der Waals surface area contributed by atoms with E-state index in [1.165, 1.54) is 11.1 Å². The van der Waals surface area contributed by atoms with Crippen LogP contribution in [0.3, 0.4) is 0 Å². The second kappa shape index (κ2) is 22.3. The van der Waals surface area contributed by atoms with Gasteiger partial charge in [-0.15, -0.1) is 0 Å². The smallest absolute Gasteiger partial charge is 0.257 e. The van der Waals surface area contributed by atoms with E-state index in [1.54, 1.807) is 0 Å². The minimum Gasteiger partial charge on any atom is -0.456 e. The Hall–Kier alpha value is -11.1. The highest BCUT2D eigenvalue weighted by Gasteiger charge is 2.48. The Morgan fingerprint density at radius 3 is 1.34 bits per heavy atom. The second-order valence-corrected chi connectivity index (χ2v) is 28.9. The number of para-hydroxylation sites is 3. The van der Waals surface area contributed by atoms with Gasteiger partial charge >= 0.3 is 0 Å². The van der Waals surface area contributed by atoms with Crippen molar-refractivity contribution >= 4 is 118 Å². The molecular weight excluding hydrogens is 1170 g/mol. The van der Waals surface area contributed by atoms with Crippen molar-refractivity contribution in [3.63, 3.8) is 0 Å². The highest BCUT2D eigenvalue weighted by Crippen LogP contribution is 2.54. The molecule has 0 saturated carbocycles. The molecule has 2 aromatic heterocycles. The van der Waals surface area contributed by atoms with Crippen molar-refractivity contribution in [3.05, 3.63) is 302 Å². The Bertz CT molecular complexity index is 5710. The predicted octanol–water partition coefficient (Wildman–Crippen LogP) is 23.6.